The van der Waals surface area contributed by atoms with Crippen LogP contribution in [0.15, 0.2) is 23.4 Å². The number of rotatable bonds is 2. The van der Waals surface area contributed by atoms with Crippen molar-refractivity contribution in [1.82, 2.24) is 4.90 Å². The van der Waals surface area contributed by atoms with Crippen molar-refractivity contribution in [3.63, 3.8) is 0 Å². The molecule has 108 valence electrons. The molecule has 0 atom stereocenters. The normalized spacial score (nSPS) is 17.3. The number of oxime groups is 1. The monoisotopic (exact) mass is 280 g/mol. The molecule has 5 nitrogen and oxygen atoms in total. The molecule has 6 heteroatoms. The highest BCUT2D eigenvalue weighted by molar-refractivity contribution is 6.04. The zero-order valence-corrected chi connectivity index (χ0v) is 11.2. The maximum atomic E-state index is 13.3. The molecule has 1 aliphatic heterocycles. The molecule has 1 aromatic rings. The molecule has 0 spiro atoms. The van der Waals surface area contributed by atoms with E-state index in [1.807, 2.05) is 0 Å². The minimum atomic E-state index is -0.500. The first-order valence-corrected chi connectivity index (χ1v) is 6.49. The quantitative estimate of drug-likeness (QED) is 0.494. The fourth-order valence-electron chi connectivity index (χ4n) is 2.54. The number of likely N-dealkylation sites (tertiary alicyclic amines) is 1. The number of halogens is 1. The summed E-state index contributed by atoms with van der Waals surface area (Å²) in [7, 11) is 0. The van der Waals surface area contributed by atoms with Crippen LogP contribution in [0.5, 0.6) is 5.75 Å². The molecule has 20 heavy (non-hydrogen) atoms. The summed E-state index contributed by atoms with van der Waals surface area (Å²) in [5.41, 5.74) is 0.471. The number of piperidine rings is 1. The molecule has 2 rings (SSSR count). The number of hydrogen-bond donors (Lipinski definition) is 2. The van der Waals surface area contributed by atoms with Crippen LogP contribution in [0.2, 0.25) is 0 Å². The Kier molecular flexibility index (Phi) is 4.22. The predicted octanol–water partition coefficient (Wildman–Crippen LogP) is 1.97. The molecule has 0 aromatic heterocycles. The van der Waals surface area contributed by atoms with E-state index in [-0.39, 0.29) is 28.8 Å². The smallest absolute Gasteiger partial charge is 0.219 e. The third kappa shape index (κ3) is 2.89. The SMILES string of the molecule is CC(=O)N1CCC(/C(=N/O)c2cc(F)ccc2O)CC1. The van der Waals surface area contributed by atoms with Crippen molar-refractivity contribution in [3.8, 4) is 5.75 Å². The fourth-order valence-corrected chi connectivity index (χ4v) is 2.54. The van der Waals surface area contributed by atoms with Gasteiger partial charge in [-0.1, -0.05) is 5.16 Å². The zero-order chi connectivity index (χ0) is 14.7. The van der Waals surface area contributed by atoms with Crippen LogP contribution in [0, 0.1) is 11.7 Å². The van der Waals surface area contributed by atoms with Gasteiger partial charge in [0.1, 0.15) is 11.6 Å². The van der Waals surface area contributed by atoms with Crippen molar-refractivity contribution in [1.29, 1.82) is 0 Å². The standard InChI is InChI=1S/C14H17FN2O3/c1-9(18)17-6-4-10(5-7-17)14(16-20)12-8-11(15)2-3-13(12)19/h2-3,8,10,19-20H,4-7H2,1H3/b16-14-. The van der Waals surface area contributed by atoms with Gasteiger partial charge in [0.05, 0.1) is 5.71 Å². The Morgan fingerprint density at radius 3 is 2.60 bits per heavy atom. The van der Waals surface area contributed by atoms with Crippen molar-refractivity contribution >= 4 is 11.6 Å². The Hall–Kier alpha value is -2.11. The predicted molar refractivity (Wildman–Crippen MR) is 71.4 cm³/mol. The molecule has 1 fully saturated rings. The molecule has 0 radical (unpaired) electrons. The van der Waals surface area contributed by atoms with Gasteiger partial charge in [-0.05, 0) is 31.0 Å². The van der Waals surface area contributed by atoms with Crippen LogP contribution in [0.3, 0.4) is 0 Å². The molecular formula is C14H17FN2O3. The number of amides is 1. The van der Waals surface area contributed by atoms with Crippen molar-refractivity contribution in [3.05, 3.63) is 29.6 Å². The molecule has 0 saturated carbocycles. The van der Waals surface area contributed by atoms with Gasteiger partial charge < -0.3 is 15.2 Å². The average molecular weight is 280 g/mol. The lowest BCUT2D eigenvalue weighted by atomic mass is 9.87. The Bertz CT molecular complexity index is 537. The van der Waals surface area contributed by atoms with Gasteiger partial charge in [0.15, 0.2) is 0 Å². The van der Waals surface area contributed by atoms with Crippen LogP contribution in [0.4, 0.5) is 4.39 Å². The summed E-state index contributed by atoms with van der Waals surface area (Å²) in [6.45, 7) is 2.64. The number of nitrogens with zero attached hydrogens (tertiary/aromatic N) is 2. The number of carbonyl (C=O) groups is 1. The number of benzene rings is 1. The number of carbonyl (C=O) groups excluding carboxylic acids is 1. The van der Waals surface area contributed by atoms with Crippen LogP contribution in [0.25, 0.3) is 0 Å². The van der Waals surface area contributed by atoms with Gasteiger partial charge in [-0.25, -0.2) is 4.39 Å². The Morgan fingerprint density at radius 2 is 2.05 bits per heavy atom. The van der Waals surface area contributed by atoms with Crippen LogP contribution < -0.4 is 0 Å². The second-order valence-electron chi connectivity index (χ2n) is 4.93. The largest absolute Gasteiger partial charge is 0.507 e. The lowest BCUT2D eigenvalue weighted by molar-refractivity contribution is -0.129. The maximum Gasteiger partial charge on any atom is 0.219 e. The van der Waals surface area contributed by atoms with E-state index in [1.54, 1.807) is 4.90 Å². The molecule has 0 bridgehead atoms. The zero-order valence-electron chi connectivity index (χ0n) is 11.2. The first-order chi connectivity index (χ1) is 9.52. The summed E-state index contributed by atoms with van der Waals surface area (Å²) in [5.74, 6) is -0.712. The highest BCUT2D eigenvalue weighted by Gasteiger charge is 2.27. The lowest BCUT2D eigenvalue weighted by Gasteiger charge is -2.31. The Labute approximate surface area is 116 Å². The third-order valence-electron chi connectivity index (χ3n) is 3.67. The van der Waals surface area contributed by atoms with Gasteiger partial charge in [0.2, 0.25) is 5.91 Å². The van der Waals surface area contributed by atoms with Gasteiger partial charge in [-0.15, -0.1) is 0 Å². The van der Waals surface area contributed by atoms with Gasteiger partial charge in [-0.2, -0.15) is 0 Å². The summed E-state index contributed by atoms with van der Waals surface area (Å²) < 4.78 is 13.3. The lowest BCUT2D eigenvalue weighted by Crippen LogP contribution is -2.39. The molecule has 1 saturated heterocycles. The molecule has 1 aromatic carbocycles. The molecule has 0 aliphatic carbocycles. The molecule has 2 N–H and O–H groups in total. The van der Waals surface area contributed by atoms with E-state index < -0.39 is 5.82 Å². The number of phenolic OH excluding ortho intramolecular Hbond substituents is 1. The van der Waals surface area contributed by atoms with Crippen molar-refractivity contribution in [2.24, 2.45) is 11.1 Å². The summed E-state index contributed by atoms with van der Waals surface area (Å²) in [6, 6.07) is 3.54. The fraction of sp³-hybridized carbons (Fsp3) is 0.429. The topological polar surface area (TPSA) is 73.1 Å². The van der Waals surface area contributed by atoms with E-state index in [9.17, 15) is 19.5 Å². The first kappa shape index (κ1) is 14.3. The van der Waals surface area contributed by atoms with E-state index in [4.69, 9.17) is 0 Å². The average Bonchev–Trinajstić information content (AvgIpc) is 2.44. The number of hydrogen-bond acceptors (Lipinski definition) is 4. The van der Waals surface area contributed by atoms with Crippen molar-refractivity contribution < 1.29 is 19.5 Å². The van der Waals surface area contributed by atoms with Crippen LogP contribution in [-0.4, -0.2) is 39.9 Å². The Balaban J connectivity index is 2.18. The number of aromatic hydroxyl groups is 1. The first-order valence-electron chi connectivity index (χ1n) is 6.49. The number of phenols is 1. The van der Waals surface area contributed by atoms with Gasteiger partial charge in [-0.3, -0.25) is 4.79 Å². The summed E-state index contributed by atoms with van der Waals surface area (Å²) >= 11 is 0. The van der Waals surface area contributed by atoms with Crippen LogP contribution in [-0.2, 0) is 4.79 Å². The molecular weight excluding hydrogens is 263 g/mol. The second kappa shape index (κ2) is 5.90. The highest BCUT2D eigenvalue weighted by atomic mass is 19.1. The van der Waals surface area contributed by atoms with E-state index in [2.05, 4.69) is 5.16 Å². The van der Waals surface area contributed by atoms with Crippen molar-refractivity contribution in [2.75, 3.05) is 13.1 Å². The minimum Gasteiger partial charge on any atom is -0.507 e. The summed E-state index contributed by atoms with van der Waals surface area (Å²) in [5, 5.41) is 22.2. The minimum absolute atomic E-state index is 0.0135. The molecule has 1 heterocycles. The molecule has 0 unspecified atom stereocenters. The van der Waals surface area contributed by atoms with Crippen LogP contribution >= 0.6 is 0 Å². The highest BCUT2D eigenvalue weighted by Crippen LogP contribution is 2.27. The van der Waals surface area contributed by atoms with E-state index in [1.165, 1.54) is 13.0 Å². The molecule has 1 amide bonds. The van der Waals surface area contributed by atoms with Gasteiger partial charge >= 0.3 is 0 Å². The summed E-state index contributed by atoms with van der Waals surface area (Å²) in [6.07, 6.45) is 1.24. The Morgan fingerprint density at radius 1 is 1.40 bits per heavy atom. The van der Waals surface area contributed by atoms with E-state index in [0.29, 0.717) is 25.9 Å². The second-order valence-corrected chi connectivity index (χ2v) is 4.93. The van der Waals surface area contributed by atoms with Gasteiger partial charge in [0, 0.05) is 31.5 Å². The van der Waals surface area contributed by atoms with Crippen molar-refractivity contribution in [2.45, 2.75) is 19.8 Å². The summed E-state index contributed by atoms with van der Waals surface area (Å²) in [4.78, 5) is 13.0. The van der Waals surface area contributed by atoms with E-state index in [0.717, 1.165) is 12.1 Å². The molecule has 1 aliphatic rings. The van der Waals surface area contributed by atoms with Gasteiger partial charge in [0.25, 0.3) is 0 Å². The third-order valence-corrected chi connectivity index (χ3v) is 3.67. The maximum absolute atomic E-state index is 13.3. The van der Waals surface area contributed by atoms with Crippen LogP contribution in [0.1, 0.15) is 25.3 Å². The van der Waals surface area contributed by atoms with E-state index >= 15 is 0 Å².